The van der Waals surface area contributed by atoms with Gasteiger partial charge in [-0.15, -0.1) is 0 Å². The molecule has 1 saturated heterocycles. The number of carbonyl (C=O) groups is 3. The van der Waals surface area contributed by atoms with Crippen LogP contribution in [0.4, 0.5) is 15.8 Å². The van der Waals surface area contributed by atoms with Crippen molar-refractivity contribution in [2.24, 2.45) is 0 Å². The van der Waals surface area contributed by atoms with E-state index in [0.717, 1.165) is 25.1 Å². The van der Waals surface area contributed by atoms with Crippen LogP contribution >= 0.6 is 0 Å². The van der Waals surface area contributed by atoms with E-state index < -0.39 is 24.2 Å². The van der Waals surface area contributed by atoms with Crippen LogP contribution in [0.2, 0.25) is 0 Å². The number of halogens is 1. The number of rotatable bonds is 4. The fourth-order valence-electron chi connectivity index (χ4n) is 3.54. The van der Waals surface area contributed by atoms with Crippen molar-refractivity contribution in [3.8, 4) is 0 Å². The Hall–Kier alpha value is -3.22. The fourth-order valence-corrected chi connectivity index (χ4v) is 3.54. The van der Waals surface area contributed by atoms with Gasteiger partial charge >= 0.3 is 5.97 Å². The van der Waals surface area contributed by atoms with E-state index in [1.54, 1.807) is 12.1 Å². The first-order valence-corrected chi connectivity index (χ1v) is 8.71. The average Bonchev–Trinajstić information content (AvgIpc) is 3.16. The number of nitrogens with zero attached hydrogens (tertiary/aromatic N) is 1. The quantitative estimate of drug-likeness (QED) is 0.663. The van der Waals surface area contributed by atoms with Crippen molar-refractivity contribution in [3.63, 3.8) is 0 Å². The molecule has 0 aliphatic carbocycles. The Kier molecular flexibility index (Phi) is 4.35. The lowest BCUT2D eigenvalue weighted by Gasteiger charge is -2.33. The molecule has 0 unspecified atom stereocenters. The lowest BCUT2D eigenvalue weighted by atomic mass is 10.1. The number of anilines is 2. The zero-order valence-corrected chi connectivity index (χ0v) is 14.4. The molecule has 138 valence electrons. The molecule has 2 aliphatic heterocycles. The minimum absolute atomic E-state index is 0.0831. The molecule has 2 heterocycles. The van der Waals surface area contributed by atoms with Crippen molar-refractivity contribution in [3.05, 3.63) is 59.4 Å². The number of nitrogens with one attached hydrogen (secondary N) is 1. The smallest absolute Gasteiger partial charge is 0.338 e. The Bertz CT molecular complexity index is 943. The standard InChI is InChI=1S/C20H17FN2O4/c21-14-5-2-1-4-13(14)18(24)11-27-20(26)12-7-8-16-15(10-12)22-19(25)17-6-3-9-23(16)17/h1-2,4-5,7-8,10,17H,3,6,9,11H2,(H,22,25)/t17-/m1/s1. The number of esters is 1. The normalized spacial score (nSPS) is 17.7. The molecule has 27 heavy (non-hydrogen) atoms. The van der Waals surface area contributed by atoms with Gasteiger partial charge in [0.2, 0.25) is 11.7 Å². The number of benzene rings is 2. The summed E-state index contributed by atoms with van der Waals surface area (Å²) in [5.74, 6) is -2.07. The molecule has 4 rings (SSSR count). The first kappa shape index (κ1) is 17.2. The topological polar surface area (TPSA) is 75.7 Å². The van der Waals surface area contributed by atoms with Gasteiger partial charge in [0, 0.05) is 6.54 Å². The summed E-state index contributed by atoms with van der Waals surface area (Å²) >= 11 is 0. The summed E-state index contributed by atoms with van der Waals surface area (Å²) in [4.78, 5) is 38.5. The predicted octanol–water partition coefficient (Wildman–Crippen LogP) is 2.79. The molecule has 7 heteroatoms. The molecule has 2 aromatic rings. The highest BCUT2D eigenvalue weighted by Gasteiger charge is 2.36. The highest BCUT2D eigenvalue weighted by Crippen LogP contribution is 2.37. The van der Waals surface area contributed by atoms with Crippen LogP contribution in [0.5, 0.6) is 0 Å². The van der Waals surface area contributed by atoms with Gasteiger partial charge in [0.15, 0.2) is 6.61 Å². The van der Waals surface area contributed by atoms with E-state index in [1.807, 2.05) is 4.90 Å². The zero-order chi connectivity index (χ0) is 19.0. The number of amides is 1. The highest BCUT2D eigenvalue weighted by molar-refractivity contribution is 6.06. The Morgan fingerprint density at radius 3 is 2.85 bits per heavy atom. The molecule has 2 aliphatic rings. The second kappa shape index (κ2) is 6.83. The Morgan fingerprint density at radius 2 is 2.04 bits per heavy atom. The molecule has 6 nitrogen and oxygen atoms in total. The SMILES string of the molecule is O=C(OCC(=O)c1ccccc1F)c1ccc2c(c1)NC(=O)[C@H]1CCCN21. The second-order valence-corrected chi connectivity index (χ2v) is 6.55. The summed E-state index contributed by atoms with van der Waals surface area (Å²) < 4.78 is 18.6. The molecule has 1 amide bonds. The average molecular weight is 368 g/mol. The van der Waals surface area contributed by atoms with Crippen molar-refractivity contribution in [2.75, 3.05) is 23.4 Å². The fraction of sp³-hybridized carbons (Fsp3) is 0.250. The van der Waals surface area contributed by atoms with E-state index >= 15 is 0 Å². The number of fused-ring (bicyclic) bond motifs is 3. The summed E-state index contributed by atoms with van der Waals surface area (Å²) in [6.07, 6.45) is 1.76. The molecule has 0 radical (unpaired) electrons. The van der Waals surface area contributed by atoms with Crippen LogP contribution < -0.4 is 10.2 Å². The third-order valence-corrected chi connectivity index (χ3v) is 4.86. The summed E-state index contributed by atoms with van der Waals surface area (Å²) in [5.41, 5.74) is 1.51. The van der Waals surface area contributed by atoms with Gasteiger partial charge in [0.05, 0.1) is 22.5 Å². The largest absolute Gasteiger partial charge is 0.454 e. The van der Waals surface area contributed by atoms with Crippen molar-refractivity contribution in [2.45, 2.75) is 18.9 Å². The molecule has 0 saturated carbocycles. The van der Waals surface area contributed by atoms with Crippen LogP contribution in [-0.2, 0) is 9.53 Å². The molecule has 1 fully saturated rings. The number of ketones is 1. The van der Waals surface area contributed by atoms with Gasteiger partial charge in [-0.3, -0.25) is 9.59 Å². The highest BCUT2D eigenvalue weighted by atomic mass is 19.1. The van der Waals surface area contributed by atoms with Crippen LogP contribution in [0.1, 0.15) is 33.6 Å². The third kappa shape index (κ3) is 3.16. The number of hydrogen-bond donors (Lipinski definition) is 1. The van der Waals surface area contributed by atoms with Crippen molar-refractivity contribution < 1.29 is 23.5 Å². The van der Waals surface area contributed by atoms with Crippen LogP contribution in [0.25, 0.3) is 0 Å². The van der Waals surface area contributed by atoms with Crippen LogP contribution in [0.15, 0.2) is 42.5 Å². The summed E-state index contributed by atoms with van der Waals surface area (Å²) in [6.45, 7) is 0.240. The number of hydrogen-bond acceptors (Lipinski definition) is 5. The van der Waals surface area contributed by atoms with Gasteiger partial charge in [0.1, 0.15) is 11.9 Å². The zero-order valence-electron chi connectivity index (χ0n) is 14.4. The minimum atomic E-state index is -0.708. The maximum absolute atomic E-state index is 13.6. The van der Waals surface area contributed by atoms with Gasteiger partial charge in [-0.05, 0) is 43.2 Å². The number of carbonyl (C=O) groups excluding carboxylic acids is 3. The van der Waals surface area contributed by atoms with E-state index in [9.17, 15) is 18.8 Å². The van der Waals surface area contributed by atoms with Crippen molar-refractivity contribution in [1.82, 2.24) is 0 Å². The van der Waals surface area contributed by atoms with Crippen LogP contribution in [0.3, 0.4) is 0 Å². The first-order chi connectivity index (χ1) is 13.0. The van der Waals surface area contributed by atoms with Crippen LogP contribution in [-0.4, -0.2) is 36.9 Å². The van der Waals surface area contributed by atoms with Gasteiger partial charge in [-0.2, -0.15) is 0 Å². The molecule has 0 aromatic heterocycles. The number of ether oxygens (including phenoxy) is 1. The Labute approximate surface area is 154 Å². The maximum Gasteiger partial charge on any atom is 0.338 e. The van der Waals surface area contributed by atoms with E-state index in [1.165, 1.54) is 30.3 Å². The van der Waals surface area contributed by atoms with Gasteiger partial charge in [0.25, 0.3) is 0 Å². The maximum atomic E-state index is 13.6. The molecule has 1 N–H and O–H groups in total. The van der Waals surface area contributed by atoms with Crippen molar-refractivity contribution in [1.29, 1.82) is 0 Å². The molecular weight excluding hydrogens is 351 g/mol. The van der Waals surface area contributed by atoms with Crippen molar-refractivity contribution >= 4 is 29.0 Å². The van der Waals surface area contributed by atoms with Gasteiger partial charge < -0.3 is 15.0 Å². The summed E-state index contributed by atoms with van der Waals surface area (Å²) in [7, 11) is 0. The van der Waals surface area contributed by atoms with E-state index in [4.69, 9.17) is 4.74 Å². The predicted molar refractivity (Wildman–Crippen MR) is 96.5 cm³/mol. The number of Topliss-reactive ketones (excluding diaryl/α,β-unsaturated/α-hetero) is 1. The minimum Gasteiger partial charge on any atom is -0.454 e. The molecule has 0 spiro atoms. The molecule has 0 bridgehead atoms. The summed E-state index contributed by atoms with van der Waals surface area (Å²) in [6, 6.07) is 10.3. The van der Waals surface area contributed by atoms with Gasteiger partial charge in [-0.25, -0.2) is 9.18 Å². The Balaban J connectivity index is 1.47. The van der Waals surface area contributed by atoms with E-state index in [-0.39, 0.29) is 23.1 Å². The molecule has 1 atom stereocenters. The third-order valence-electron chi connectivity index (χ3n) is 4.86. The van der Waals surface area contributed by atoms with E-state index in [0.29, 0.717) is 5.69 Å². The Morgan fingerprint density at radius 1 is 1.22 bits per heavy atom. The molecule has 2 aromatic carbocycles. The van der Waals surface area contributed by atoms with E-state index in [2.05, 4.69) is 5.32 Å². The summed E-state index contributed by atoms with van der Waals surface area (Å²) in [5, 5.41) is 2.82. The van der Waals surface area contributed by atoms with Gasteiger partial charge in [-0.1, -0.05) is 12.1 Å². The lowest BCUT2D eigenvalue weighted by molar-refractivity contribution is -0.117. The first-order valence-electron chi connectivity index (χ1n) is 8.71. The monoisotopic (exact) mass is 368 g/mol. The molecular formula is C20H17FN2O4. The second-order valence-electron chi connectivity index (χ2n) is 6.55. The lowest BCUT2D eigenvalue weighted by Crippen LogP contribution is -2.43. The van der Waals surface area contributed by atoms with Crippen LogP contribution in [0, 0.1) is 5.82 Å².